The molecule has 1 aliphatic carbocycles. The number of ketones is 1. The van der Waals surface area contributed by atoms with E-state index in [2.05, 4.69) is 26.9 Å². The Morgan fingerprint density at radius 2 is 2.17 bits per heavy atom. The molecule has 1 aromatic rings. The zero-order valence-corrected chi connectivity index (χ0v) is 11.7. The first-order valence-electron chi connectivity index (χ1n) is 6.11. The molecule has 0 heterocycles. The Morgan fingerprint density at radius 3 is 2.78 bits per heavy atom. The van der Waals surface area contributed by atoms with Crippen molar-refractivity contribution in [3.63, 3.8) is 0 Å². The van der Waals surface area contributed by atoms with Crippen molar-refractivity contribution in [1.82, 2.24) is 4.90 Å². The Morgan fingerprint density at radius 1 is 1.44 bits per heavy atom. The zero-order valence-electron chi connectivity index (χ0n) is 10.1. The molecule has 4 heteroatoms. The molecule has 1 aliphatic rings. The van der Waals surface area contributed by atoms with Gasteiger partial charge in [0, 0.05) is 29.0 Å². The van der Waals surface area contributed by atoms with Crippen LogP contribution < -0.4 is 0 Å². The van der Waals surface area contributed by atoms with Crippen molar-refractivity contribution in [2.24, 2.45) is 0 Å². The predicted octanol–water partition coefficient (Wildman–Crippen LogP) is 3.01. The summed E-state index contributed by atoms with van der Waals surface area (Å²) in [6.45, 7) is 1.10. The van der Waals surface area contributed by atoms with E-state index in [1.165, 1.54) is 0 Å². The molecular formula is C14H15BrN2O. The molecule has 1 saturated carbocycles. The molecule has 0 aromatic heterocycles. The summed E-state index contributed by atoms with van der Waals surface area (Å²) in [5, 5.41) is 8.64. The van der Waals surface area contributed by atoms with E-state index < -0.39 is 0 Å². The summed E-state index contributed by atoms with van der Waals surface area (Å²) in [6.07, 6.45) is 2.78. The maximum Gasteiger partial charge on any atom is 0.177 e. The van der Waals surface area contributed by atoms with Crippen LogP contribution in [0.25, 0.3) is 0 Å². The molecule has 1 fully saturated rings. The fraction of sp³-hybridized carbons (Fsp3) is 0.429. The van der Waals surface area contributed by atoms with Crippen LogP contribution in [0.2, 0.25) is 0 Å². The number of rotatable bonds is 6. The second-order valence-corrected chi connectivity index (χ2v) is 5.37. The third-order valence-corrected chi connectivity index (χ3v) is 3.79. The minimum Gasteiger partial charge on any atom is -0.293 e. The third-order valence-electron chi connectivity index (χ3n) is 3.10. The van der Waals surface area contributed by atoms with Gasteiger partial charge in [0.25, 0.3) is 0 Å². The van der Waals surface area contributed by atoms with Crippen molar-refractivity contribution < 1.29 is 4.79 Å². The van der Waals surface area contributed by atoms with E-state index in [0.29, 0.717) is 25.6 Å². The lowest BCUT2D eigenvalue weighted by Gasteiger charge is -2.19. The lowest BCUT2D eigenvalue weighted by Crippen LogP contribution is -2.32. The molecule has 1 aromatic carbocycles. The topological polar surface area (TPSA) is 44.1 Å². The number of nitrogens with zero attached hydrogens (tertiary/aromatic N) is 2. The van der Waals surface area contributed by atoms with Crippen LogP contribution in [0.15, 0.2) is 28.7 Å². The molecular weight excluding hydrogens is 292 g/mol. The fourth-order valence-electron chi connectivity index (χ4n) is 1.98. The molecule has 3 nitrogen and oxygen atoms in total. The van der Waals surface area contributed by atoms with E-state index in [1.54, 1.807) is 0 Å². The normalized spacial score (nSPS) is 14.5. The summed E-state index contributed by atoms with van der Waals surface area (Å²) in [7, 11) is 0. The summed E-state index contributed by atoms with van der Waals surface area (Å²) in [5.41, 5.74) is 0.722. The van der Waals surface area contributed by atoms with Gasteiger partial charge in [-0.1, -0.05) is 34.1 Å². The Kier molecular flexibility index (Phi) is 4.51. The maximum absolute atomic E-state index is 12.2. The van der Waals surface area contributed by atoms with Crippen LogP contribution in [0.5, 0.6) is 0 Å². The molecule has 0 spiro atoms. The molecule has 94 valence electrons. The largest absolute Gasteiger partial charge is 0.293 e. The van der Waals surface area contributed by atoms with E-state index in [4.69, 9.17) is 5.26 Å². The molecule has 0 N–H and O–H groups in total. The maximum atomic E-state index is 12.2. The number of benzene rings is 1. The van der Waals surface area contributed by atoms with E-state index >= 15 is 0 Å². The Hall–Kier alpha value is -1.18. The average molecular weight is 307 g/mol. The molecule has 0 saturated heterocycles. The number of carbonyl (C=O) groups excluding carboxylic acids is 1. The van der Waals surface area contributed by atoms with Crippen LogP contribution in [0, 0.1) is 11.3 Å². The van der Waals surface area contributed by atoms with Gasteiger partial charge in [0.15, 0.2) is 5.78 Å². The number of hydrogen-bond donors (Lipinski definition) is 0. The minimum atomic E-state index is 0.118. The third kappa shape index (κ3) is 3.41. The van der Waals surface area contributed by atoms with Crippen LogP contribution in [-0.4, -0.2) is 29.8 Å². The number of hydrogen-bond acceptors (Lipinski definition) is 3. The van der Waals surface area contributed by atoms with Crippen LogP contribution in [-0.2, 0) is 0 Å². The lowest BCUT2D eigenvalue weighted by molar-refractivity contribution is 0.0925. The summed E-state index contributed by atoms with van der Waals surface area (Å²) in [6, 6.07) is 10.1. The zero-order chi connectivity index (χ0) is 13.0. The monoisotopic (exact) mass is 306 g/mol. The second-order valence-electron chi connectivity index (χ2n) is 4.51. The summed E-state index contributed by atoms with van der Waals surface area (Å²) >= 11 is 3.40. The number of Topliss-reactive ketones (excluding diaryl/α,β-unsaturated/α-hetero) is 1. The molecule has 0 unspecified atom stereocenters. The first-order chi connectivity index (χ1) is 8.72. The predicted molar refractivity (Wildman–Crippen MR) is 73.3 cm³/mol. The summed E-state index contributed by atoms with van der Waals surface area (Å²) in [4.78, 5) is 14.3. The Balaban J connectivity index is 2.01. The van der Waals surface area contributed by atoms with Crippen molar-refractivity contribution in [1.29, 1.82) is 5.26 Å². The van der Waals surface area contributed by atoms with Crippen LogP contribution in [0.3, 0.4) is 0 Å². The quantitative estimate of drug-likeness (QED) is 0.759. The molecule has 18 heavy (non-hydrogen) atoms. The van der Waals surface area contributed by atoms with Gasteiger partial charge in [0.2, 0.25) is 0 Å². The molecule has 0 atom stereocenters. The molecule has 2 rings (SSSR count). The van der Waals surface area contributed by atoms with Gasteiger partial charge in [-0.15, -0.1) is 0 Å². The van der Waals surface area contributed by atoms with Crippen molar-refractivity contribution in [3.05, 3.63) is 34.3 Å². The lowest BCUT2D eigenvalue weighted by atomic mass is 10.1. The highest BCUT2D eigenvalue weighted by molar-refractivity contribution is 9.10. The molecule has 0 amide bonds. The first kappa shape index (κ1) is 13.3. The van der Waals surface area contributed by atoms with Crippen LogP contribution in [0.1, 0.15) is 29.6 Å². The molecule has 0 aliphatic heterocycles. The smallest absolute Gasteiger partial charge is 0.177 e. The fourth-order valence-corrected chi connectivity index (χ4v) is 2.49. The minimum absolute atomic E-state index is 0.118. The van der Waals surface area contributed by atoms with Gasteiger partial charge in [-0.05, 0) is 18.9 Å². The van der Waals surface area contributed by atoms with Gasteiger partial charge < -0.3 is 0 Å². The van der Waals surface area contributed by atoms with E-state index in [9.17, 15) is 4.79 Å². The Bertz CT molecular complexity index is 477. The second kappa shape index (κ2) is 6.12. The number of carbonyl (C=O) groups is 1. The van der Waals surface area contributed by atoms with Crippen molar-refractivity contribution in [3.8, 4) is 6.07 Å². The highest BCUT2D eigenvalue weighted by Gasteiger charge is 2.30. The number of halogens is 1. The number of nitriles is 1. The van der Waals surface area contributed by atoms with Crippen molar-refractivity contribution in [2.45, 2.75) is 25.3 Å². The molecule has 0 radical (unpaired) electrons. The van der Waals surface area contributed by atoms with E-state index in [-0.39, 0.29) is 5.78 Å². The van der Waals surface area contributed by atoms with Gasteiger partial charge in [0.05, 0.1) is 12.6 Å². The standard InChI is InChI=1S/C14H15BrN2O/c15-13-5-2-1-4-12(13)14(18)10-17(9-3-8-16)11-6-7-11/h1-2,4-5,11H,3,6-7,9-10H2. The van der Waals surface area contributed by atoms with Crippen LogP contribution in [0.4, 0.5) is 0 Å². The van der Waals surface area contributed by atoms with Gasteiger partial charge in [-0.2, -0.15) is 5.26 Å². The first-order valence-corrected chi connectivity index (χ1v) is 6.90. The van der Waals surface area contributed by atoms with Crippen LogP contribution >= 0.6 is 15.9 Å². The molecule has 0 bridgehead atoms. The SMILES string of the molecule is N#CCCN(CC(=O)c1ccccc1Br)C1CC1. The van der Waals surface area contributed by atoms with Crippen molar-refractivity contribution in [2.75, 3.05) is 13.1 Å². The highest BCUT2D eigenvalue weighted by atomic mass is 79.9. The van der Waals surface area contributed by atoms with Gasteiger partial charge in [0.1, 0.15) is 0 Å². The summed E-state index contributed by atoms with van der Waals surface area (Å²) in [5.74, 6) is 0.118. The highest BCUT2D eigenvalue weighted by Crippen LogP contribution is 2.27. The van der Waals surface area contributed by atoms with E-state index in [0.717, 1.165) is 22.9 Å². The summed E-state index contributed by atoms with van der Waals surface area (Å²) < 4.78 is 0.839. The van der Waals surface area contributed by atoms with Gasteiger partial charge in [-0.3, -0.25) is 9.69 Å². The average Bonchev–Trinajstić information content (AvgIpc) is 3.19. The van der Waals surface area contributed by atoms with Gasteiger partial charge in [-0.25, -0.2) is 0 Å². The van der Waals surface area contributed by atoms with Crippen molar-refractivity contribution >= 4 is 21.7 Å². The van der Waals surface area contributed by atoms with E-state index in [1.807, 2.05) is 24.3 Å². The Labute approximate surface area is 116 Å². The van der Waals surface area contributed by atoms with Gasteiger partial charge >= 0.3 is 0 Å².